The molecule has 3 aromatic rings. The third kappa shape index (κ3) is 4.56. The lowest BCUT2D eigenvalue weighted by molar-refractivity contribution is 0.101. The van der Waals surface area contributed by atoms with Gasteiger partial charge in [0.05, 0.1) is 12.7 Å². The van der Waals surface area contributed by atoms with E-state index in [0.29, 0.717) is 21.8 Å². The van der Waals surface area contributed by atoms with Crippen molar-refractivity contribution in [3.05, 3.63) is 69.2 Å². The van der Waals surface area contributed by atoms with Gasteiger partial charge >= 0.3 is 0 Å². The number of thiazole rings is 1. The highest BCUT2D eigenvalue weighted by atomic mass is 35.5. The largest absolute Gasteiger partial charge is 0.339 e. The minimum Gasteiger partial charge on any atom is -0.339 e. The summed E-state index contributed by atoms with van der Waals surface area (Å²) in [5, 5.41) is 2.92. The van der Waals surface area contributed by atoms with Crippen molar-refractivity contribution in [2.24, 2.45) is 5.92 Å². The van der Waals surface area contributed by atoms with Crippen LogP contribution in [-0.2, 0) is 13.0 Å². The van der Waals surface area contributed by atoms with Crippen LogP contribution < -0.4 is 5.32 Å². The molecule has 9 heteroatoms. The van der Waals surface area contributed by atoms with Crippen molar-refractivity contribution in [1.29, 1.82) is 0 Å². The van der Waals surface area contributed by atoms with E-state index in [-0.39, 0.29) is 12.2 Å². The van der Waals surface area contributed by atoms with Gasteiger partial charge in [-0.15, -0.1) is 0 Å². The van der Waals surface area contributed by atoms with Crippen molar-refractivity contribution in [3.8, 4) is 0 Å². The average molecular weight is 428 g/mol. The molecule has 148 valence electrons. The van der Waals surface area contributed by atoms with Gasteiger partial charge in [0.25, 0.3) is 5.91 Å². The SMILES string of the molecule is CC(C)Cc1cc(C(=O)Nc2ncc(Cl)s2)n(Cc2c(F)ccc(F)c2F)c1. The van der Waals surface area contributed by atoms with Crippen molar-refractivity contribution in [2.45, 2.75) is 26.8 Å². The summed E-state index contributed by atoms with van der Waals surface area (Å²) in [6.45, 7) is 3.70. The summed E-state index contributed by atoms with van der Waals surface area (Å²) in [7, 11) is 0. The molecule has 0 spiro atoms. The Morgan fingerprint density at radius 3 is 2.64 bits per heavy atom. The van der Waals surface area contributed by atoms with Gasteiger partial charge in [-0.25, -0.2) is 18.2 Å². The third-order valence-corrected chi connectivity index (χ3v) is 5.03. The fourth-order valence-corrected chi connectivity index (χ4v) is 3.64. The maximum absolute atomic E-state index is 14.1. The van der Waals surface area contributed by atoms with Crippen LogP contribution in [0.25, 0.3) is 0 Å². The van der Waals surface area contributed by atoms with E-state index in [1.807, 2.05) is 13.8 Å². The van der Waals surface area contributed by atoms with Crippen LogP contribution in [0.1, 0.15) is 35.5 Å². The number of aromatic nitrogens is 2. The van der Waals surface area contributed by atoms with E-state index < -0.39 is 28.9 Å². The molecule has 0 radical (unpaired) electrons. The molecule has 0 bridgehead atoms. The average Bonchev–Trinajstić information content (AvgIpc) is 3.20. The highest BCUT2D eigenvalue weighted by Crippen LogP contribution is 2.24. The van der Waals surface area contributed by atoms with E-state index in [1.54, 1.807) is 12.3 Å². The Labute approximate surface area is 169 Å². The maximum Gasteiger partial charge on any atom is 0.274 e. The van der Waals surface area contributed by atoms with Gasteiger partial charge in [0.1, 0.15) is 15.8 Å². The number of carbonyl (C=O) groups is 1. The Morgan fingerprint density at radius 2 is 2.00 bits per heavy atom. The fourth-order valence-electron chi connectivity index (χ4n) is 2.83. The zero-order valence-electron chi connectivity index (χ0n) is 15.1. The minimum absolute atomic E-state index is 0.185. The fraction of sp³-hybridized carbons (Fsp3) is 0.263. The number of hydrogen-bond donors (Lipinski definition) is 1. The zero-order chi connectivity index (χ0) is 20.4. The molecule has 0 atom stereocenters. The molecule has 1 amide bonds. The molecule has 28 heavy (non-hydrogen) atoms. The quantitative estimate of drug-likeness (QED) is 0.527. The molecule has 0 aliphatic rings. The Morgan fingerprint density at radius 1 is 1.29 bits per heavy atom. The minimum atomic E-state index is -1.27. The van der Waals surface area contributed by atoms with Crippen molar-refractivity contribution >= 4 is 34.0 Å². The molecule has 0 saturated heterocycles. The topological polar surface area (TPSA) is 46.9 Å². The second kappa shape index (κ2) is 8.36. The normalized spacial score (nSPS) is 11.2. The summed E-state index contributed by atoms with van der Waals surface area (Å²) in [6.07, 6.45) is 3.72. The monoisotopic (exact) mass is 427 g/mol. The Hall–Kier alpha value is -2.32. The maximum atomic E-state index is 14.1. The highest BCUT2D eigenvalue weighted by Gasteiger charge is 2.20. The third-order valence-electron chi connectivity index (χ3n) is 4.00. The van der Waals surface area contributed by atoms with Crippen LogP contribution in [0.3, 0.4) is 0 Å². The highest BCUT2D eigenvalue weighted by molar-refractivity contribution is 7.19. The number of halogens is 4. The van der Waals surface area contributed by atoms with E-state index in [2.05, 4.69) is 10.3 Å². The lowest BCUT2D eigenvalue weighted by Crippen LogP contribution is -2.18. The number of rotatable bonds is 6. The van der Waals surface area contributed by atoms with Crippen molar-refractivity contribution in [3.63, 3.8) is 0 Å². The molecular weight excluding hydrogens is 411 g/mol. The van der Waals surface area contributed by atoms with Crippen molar-refractivity contribution < 1.29 is 18.0 Å². The first-order valence-electron chi connectivity index (χ1n) is 8.48. The molecule has 1 N–H and O–H groups in total. The molecular formula is C19H17ClF3N3OS. The first kappa shape index (κ1) is 20.4. The Bertz CT molecular complexity index is 1020. The zero-order valence-corrected chi connectivity index (χ0v) is 16.7. The van der Waals surface area contributed by atoms with Crippen LogP contribution >= 0.6 is 22.9 Å². The molecule has 0 aliphatic carbocycles. The van der Waals surface area contributed by atoms with Gasteiger partial charge in [0.2, 0.25) is 0 Å². The van der Waals surface area contributed by atoms with Crippen LogP contribution in [0.4, 0.5) is 18.3 Å². The van der Waals surface area contributed by atoms with E-state index in [4.69, 9.17) is 11.6 Å². The Kier molecular flexibility index (Phi) is 6.10. The predicted octanol–water partition coefficient (Wildman–Crippen LogP) is 5.51. The van der Waals surface area contributed by atoms with E-state index in [0.717, 1.165) is 29.0 Å². The van der Waals surface area contributed by atoms with Crippen LogP contribution in [0.5, 0.6) is 0 Å². The van der Waals surface area contributed by atoms with Gasteiger partial charge in [0, 0.05) is 11.8 Å². The molecule has 0 unspecified atom stereocenters. The van der Waals surface area contributed by atoms with E-state index in [9.17, 15) is 18.0 Å². The van der Waals surface area contributed by atoms with Crippen LogP contribution in [0.15, 0.2) is 30.6 Å². The van der Waals surface area contributed by atoms with Gasteiger partial charge in [-0.2, -0.15) is 0 Å². The van der Waals surface area contributed by atoms with E-state index >= 15 is 0 Å². The number of hydrogen-bond acceptors (Lipinski definition) is 3. The second-order valence-corrected chi connectivity index (χ2v) is 8.37. The van der Waals surface area contributed by atoms with Crippen LogP contribution in [0.2, 0.25) is 4.34 Å². The molecule has 0 saturated carbocycles. The number of benzene rings is 1. The molecule has 4 nitrogen and oxygen atoms in total. The molecule has 0 fully saturated rings. The number of nitrogens with zero attached hydrogens (tertiary/aromatic N) is 2. The molecule has 0 aliphatic heterocycles. The van der Waals surface area contributed by atoms with Crippen molar-refractivity contribution in [1.82, 2.24) is 9.55 Å². The second-order valence-electron chi connectivity index (χ2n) is 6.70. The number of anilines is 1. The first-order chi connectivity index (χ1) is 13.2. The summed E-state index contributed by atoms with van der Waals surface area (Å²) >= 11 is 6.91. The Balaban J connectivity index is 1.96. The molecule has 1 aromatic carbocycles. The molecule has 2 aromatic heterocycles. The smallest absolute Gasteiger partial charge is 0.274 e. The summed E-state index contributed by atoms with van der Waals surface area (Å²) in [4.78, 5) is 16.7. The summed E-state index contributed by atoms with van der Waals surface area (Å²) < 4.78 is 43.5. The van der Waals surface area contributed by atoms with Crippen LogP contribution in [-0.4, -0.2) is 15.5 Å². The number of nitrogens with one attached hydrogen (secondary N) is 1. The van der Waals surface area contributed by atoms with Gasteiger partial charge in [0.15, 0.2) is 16.8 Å². The van der Waals surface area contributed by atoms with Gasteiger partial charge in [-0.3, -0.25) is 10.1 Å². The summed E-state index contributed by atoms with van der Waals surface area (Å²) in [6, 6.07) is 3.25. The van der Waals surface area contributed by atoms with Crippen molar-refractivity contribution in [2.75, 3.05) is 5.32 Å². The molecule has 2 heterocycles. The van der Waals surface area contributed by atoms with Gasteiger partial charge in [-0.1, -0.05) is 36.8 Å². The van der Waals surface area contributed by atoms with Gasteiger partial charge in [-0.05, 0) is 36.1 Å². The number of amides is 1. The lowest BCUT2D eigenvalue weighted by Gasteiger charge is -2.11. The van der Waals surface area contributed by atoms with E-state index in [1.165, 1.54) is 10.8 Å². The lowest BCUT2D eigenvalue weighted by atomic mass is 10.1. The van der Waals surface area contributed by atoms with Crippen LogP contribution in [0, 0.1) is 23.4 Å². The number of carbonyl (C=O) groups excluding carboxylic acids is 1. The molecule has 3 rings (SSSR count). The standard InChI is InChI=1S/C19H17ClF3N3OS/c1-10(2)5-11-6-15(18(27)25-19-24-7-16(20)28-19)26(8-11)9-12-13(21)3-4-14(22)17(12)23/h3-4,6-8,10H,5,9H2,1-2H3,(H,24,25,27). The predicted molar refractivity (Wildman–Crippen MR) is 103 cm³/mol. The first-order valence-corrected chi connectivity index (χ1v) is 9.68. The van der Waals surface area contributed by atoms with Gasteiger partial charge < -0.3 is 4.57 Å². The summed E-state index contributed by atoms with van der Waals surface area (Å²) in [5.41, 5.74) is 0.567. The summed E-state index contributed by atoms with van der Waals surface area (Å²) in [5.74, 6) is -3.48.